The topological polar surface area (TPSA) is 61.7 Å². The summed E-state index contributed by atoms with van der Waals surface area (Å²) in [7, 11) is 0. The van der Waals surface area contributed by atoms with E-state index in [2.05, 4.69) is 246 Å². The normalized spacial score (nSPS) is 12.1. The first-order chi connectivity index (χ1) is 36.2. The lowest BCUT2D eigenvalue weighted by Gasteiger charge is -2.13. The molecule has 0 aliphatic carbocycles. The van der Waals surface area contributed by atoms with E-state index in [9.17, 15) is 0 Å². The summed E-state index contributed by atoms with van der Waals surface area (Å²) in [5.74, 6) is 1.79. The van der Waals surface area contributed by atoms with Gasteiger partial charge in [0.15, 0.2) is 23.1 Å². The van der Waals surface area contributed by atoms with Crippen molar-refractivity contribution < 1.29 is 4.42 Å². The summed E-state index contributed by atoms with van der Waals surface area (Å²) in [4.78, 5) is 16.1. The highest BCUT2D eigenvalue weighted by Crippen LogP contribution is 2.44. The minimum Gasteiger partial charge on any atom is -0.454 e. The molecule has 0 bridgehead atoms. The lowest BCUT2D eigenvalue weighted by atomic mass is 10.0. The highest BCUT2D eigenvalue weighted by atomic mass is 16.3. The van der Waals surface area contributed by atoms with Crippen LogP contribution in [0.15, 0.2) is 241 Å². The molecule has 0 aliphatic rings. The van der Waals surface area contributed by atoms with Gasteiger partial charge in [-0.1, -0.05) is 170 Å². The summed E-state index contributed by atoms with van der Waals surface area (Å²) in [5, 5.41) is 16.1. The molecule has 0 spiro atoms. The Morgan fingerprint density at radius 3 is 1.75 bits per heavy atom. The van der Waals surface area contributed by atoms with E-state index in [1.165, 1.54) is 37.7 Å². The van der Waals surface area contributed by atoms with Crippen molar-refractivity contribution in [3.8, 4) is 45.5 Å². The Bertz CT molecular complexity index is 4980. The third-order valence-electron chi connectivity index (χ3n) is 15.1. The second-order valence-electron chi connectivity index (χ2n) is 19.1. The molecular weight excluding hydrogens is 891 g/mol. The van der Waals surface area contributed by atoms with Crippen molar-refractivity contribution in [2.75, 3.05) is 0 Å². The van der Waals surface area contributed by atoms with Crippen molar-refractivity contribution in [2.45, 2.75) is 0 Å². The second-order valence-corrected chi connectivity index (χ2v) is 19.1. The SMILES string of the molecule is c1ccc(-n2c3ccccc3c3cccc(-c4nc(-c5ccc6ccccc6c5)nc(-c5ccc6ccc7oc8c(-n9c%10cc%11ccccc%11cc%10c%10c%11ccccc%11ccc%109)cccc8c7c6c5)n4)c32)cc1. The van der Waals surface area contributed by atoms with Gasteiger partial charge in [0.25, 0.3) is 0 Å². The monoisotopic (exact) mass is 929 g/mol. The lowest BCUT2D eigenvalue weighted by Crippen LogP contribution is -2.02. The molecule has 0 aliphatic heterocycles. The highest BCUT2D eigenvalue weighted by molar-refractivity contribution is 6.25. The average molecular weight is 930 g/mol. The minimum atomic E-state index is 0.588. The number of aromatic nitrogens is 5. The maximum atomic E-state index is 7.07. The molecule has 16 aromatic rings. The molecule has 4 heterocycles. The van der Waals surface area contributed by atoms with Gasteiger partial charge in [0.1, 0.15) is 5.58 Å². The average Bonchev–Trinajstić information content (AvgIpc) is 4.13. The molecule has 0 saturated carbocycles. The van der Waals surface area contributed by atoms with E-state index in [1.807, 2.05) is 0 Å². The van der Waals surface area contributed by atoms with Crippen LogP contribution in [0.4, 0.5) is 0 Å². The quantitative estimate of drug-likeness (QED) is 0.173. The largest absolute Gasteiger partial charge is 0.454 e. The first kappa shape index (κ1) is 39.9. The van der Waals surface area contributed by atoms with Crippen LogP contribution >= 0.6 is 0 Å². The van der Waals surface area contributed by atoms with Gasteiger partial charge in [-0.3, -0.25) is 0 Å². The zero-order valence-corrected chi connectivity index (χ0v) is 39.2. The molecule has 0 atom stereocenters. The molecule has 4 aromatic heterocycles. The van der Waals surface area contributed by atoms with Gasteiger partial charge in [-0.05, 0) is 110 Å². The predicted molar refractivity (Wildman–Crippen MR) is 302 cm³/mol. The Morgan fingerprint density at radius 1 is 0.315 bits per heavy atom. The van der Waals surface area contributed by atoms with Crippen LogP contribution < -0.4 is 0 Å². The third-order valence-corrected chi connectivity index (χ3v) is 15.1. The van der Waals surface area contributed by atoms with Crippen LogP contribution in [0, 0.1) is 0 Å². The molecule has 12 aromatic carbocycles. The zero-order chi connectivity index (χ0) is 47.7. The van der Waals surface area contributed by atoms with Crippen LogP contribution in [0.25, 0.3) is 154 Å². The van der Waals surface area contributed by atoms with Gasteiger partial charge in [-0.15, -0.1) is 0 Å². The fourth-order valence-electron chi connectivity index (χ4n) is 11.8. The summed E-state index contributed by atoms with van der Waals surface area (Å²) < 4.78 is 11.8. The third kappa shape index (κ3) is 5.95. The number of furan rings is 1. The van der Waals surface area contributed by atoms with Gasteiger partial charge in [0, 0.05) is 54.7 Å². The Kier molecular flexibility index (Phi) is 8.36. The molecule has 0 N–H and O–H groups in total. The van der Waals surface area contributed by atoms with Gasteiger partial charge in [0.2, 0.25) is 0 Å². The van der Waals surface area contributed by atoms with E-state index >= 15 is 0 Å². The zero-order valence-electron chi connectivity index (χ0n) is 39.2. The van der Waals surface area contributed by atoms with E-state index in [0.29, 0.717) is 17.5 Å². The van der Waals surface area contributed by atoms with E-state index in [-0.39, 0.29) is 0 Å². The van der Waals surface area contributed by atoms with Crippen LogP contribution in [0.3, 0.4) is 0 Å². The second kappa shape index (κ2) is 15.3. The van der Waals surface area contributed by atoms with Gasteiger partial charge in [0.05, 0.1) is 27.8 Å². The maximum Gasteiger partial charge on any atom is 0.166 e. The Labute approximate surface area is 417 Å². The summed E-state index contributed by atoms with van der Waals surface area (Å²) in [6.45, 7) is 0. The first-order valence-electron chi connectivity index (χ1n) is 24.8. The lowest BCUT2D eigenvalue weighted by molar-refractivity contribution is 0.666. The van der Waals surface area contributed by atoms with Crippen molar-refractivity contribution in [2.24, 2.45) is 0 Å². The molecule has 0 unspecified atom stereocenters. The first-order valence-corrected chi connectivity index (χ1v) is 24.8. The smallest absolute Gasteiger partial charge is 0.166 e. The molecule has 338 valence electrons. The molecule has 73 heavy (non-hydrogen) atoms. The van der Waals surface area contributed by atoms with Gasteiger partial charge < -0.3 is 13.6 Å². The van der Waals surface area contributed by atoms with E-state index < -0.39 is 0 Å². The Morgan fingerprint density at radius 2 is 0.918 bits per heavy atom. The number of hydrogen-bond donors (Lipinski definition) is 0. The van der Waals surface area contributed by atoms with Crippen LogP contribution in [-0.4, -0.2) is 24.1 Å². The van der Waals surface area contributed by atoms with Crippen molar-refractivity contribution in [3.05, 3.63) is 237 Å². The number of para-hydroxylation sites is 4. The van der Waals surface area contributed by atoms with E-state index in [0.717, 1.165) is 99.0 Å². The number of nitrogens with zero attached hydrogens (tertiary/aromatic N) is 5. The van der Waals surface area contributed by atoms with Crippen molar-refractivity contribution >= 4 is 109 Å². The molecule has 0 fully saturated rings. The molecular formula is C67H39N5O. The molecule has 0 saturated heterocycles. The summed E-state index contributed by atoms with van der Waals surface area (Å²) in [6, 6.07) is 84.4. The van der Waals surface area contributed by atoms with Crippen molar-refractivity contribution in [1.29, 1.82) is 0 Å². The van der Waals surface area contributed by atoms with Crippen LogP contribution in [0.1, 0.15) is 0 Å². The Hall–Kier alpha value is -9.91. The molecule has 6 nitrogen and oxygen atoms in total. The summed E-state index contributed by atoms with van der Waals surface area (Å²) in [6.07, 6.45) is 0. The number of hydrogen-bond acceptors (Lipinski definition) is 4. The van der Waals surface area contributed by atoms with Crippen LogP contribution in [0.2, 0.25) is 0 Å². The van der Waals surface area contributed by atoms with Crippen LogP contribution in [0.5, 0.6) is 0 Å². The van der Waals surface area contributed by atoms with Crippen molar-refractivity contribution in [3.63, 3.8) is 0 Å². The molecule has 0 radical (unpaired) electrons. The summed E-state index contributed by atoms with van der Waals surface area (Å²) >= 11 is 0. The highest BCUT2D eigenvalue weighted by Gasteiger charge is 2.23. The van der Waals surface area contributed by atoms with Gasteiger partial charge >= 0.3 is 0 Å². The Balaban J connectivity index is 0.935. The fraction of sp³-hybridized carbons (Fsp3) is 0. The predicted octanol–water partition coefficient (Wildman–Crippen LogP) is 17.6. The number of rotatable bonds is 5. The van der Waals surface area contributed by atoms with E-state index in [1.54, 1.807) is 0 Å². The molecule has 16 rings (SSSR count). The van der Waals surface area contributed by atoms with Gasteiger partial charge in [-0.25, -0.2) is 15.0 Å². The van der Waals surface area contributed by atoms with Crippen LogP contribution in [-0.2, 0) is 0 Å². The fourth-order valence-corrected chi connectivity index (χ4v) is 11.8. The molecule has 0 amide bonds. The summed E-state index contributed by atoms with van der Waals surface area (Å²) in [5.41, 5.74) is 10.9. The van der Waals surface area contributed by atoms with Gasteiger partial charge in [-0.2, -0.15) is 0 Å². The number of fused-ring (bicyclic) bond motifs is 15. The van der Waals surface area contributed by atoms with E-state index in [4.69, 9.17) is 19.4 Å². The van der Waals surface area contributed by atoms with Crippen molar-refractivity contribution in [1.82, 2.24) is 24.1 Å². The standard InChI is InChI=1S/C67H39N5O/c1-2-19-48(20-3-1)71-56-26-11-10-22-50(56)51-23-12-25-53(63(51)71)67-69-65(46-30-28-40-14-4-5-16-43(40)36-46)68-66(70-67)47-31-29-42-33-35-60-62(54(42)38-47)52-24-13-27-58(64(52)73-60)72-57-34-32-41-15-8-9-21-49(41)61(57)55-37-44-17-6-7-18-45(44)39-59(55)72/h1-39H. The number of benzene rings is 12. The maximum absolute atomic E-state index is 7.07. The molecule has 6 heteroatoms. The minimum absolute atomic E-state index is 0.588.